The first-order valence-electron chi connectivity index (χ1n) is 8.19. The Morgan fingerprint density at radius 3 is 2.52 bits per heavy atom. The number of nitro benzene ring substituents is 1. The third-order valence-electron chi connectivity index (χ3n) is 4.68. The van der Waals surface area contributed by atoms with Gasteiger partial charge in [0.05, 0.1) is 18.1 Å². The van der Waals surface area contributed by atoms with Crippen LogP contribution >= 0.6 is 0 Å². The van der Waals surface area contributed by atoms with E-state index < -0.39 is 4.92 Å². The van der Waals surface area contributed by atoms with Gasteiger partial charge in [-0.3, -0.25) is 14.9 Å². The Balaban J connectivity index is 1.83. The standard InChI is InChI=1S/C19H20N2O4/c1-12-10-15(12)18(13-6-4-3-5-7-13)20-19(22)14-8-9-16(21(23)24)17(11-14)25-2/h3-9,11-12,15,18H,10H2,1-2H3,(H,20,22). The highest BCUT2D eigenvalue weighted by Crippen LogP contribution is 2.47. The Labute approximate surface area is 146 Å². The summed E-state index contributed by atoms with van der Waals surface area (Å²) in [6.07, 6.45) is 1.07. The number of rotatable bonds is 6. The number of carbonyl (C=O) groups is 1. The normalized spacial score (nSPS) is 19.8. The van der Waals surface area contributed by atoms with Gasteiger partial charge in [0, 0.05) is 17.7 Å². The van der Waals surface area contributed by atoms with Crippen molar-refractivity contribution in [1.82, 2.24) is 5.32 Å². The van der Waals surface area contributed by atoms with E-state index in [4.69, 9.17) is 4.74 Å². The molecule has 1 saturated carbocycles. The van der Waals surface area contributed by atoms with Crippen molar-refractivity contribution < 1.29 is 14.5 Å². The third-order valence-corrected chi connectivity index (χ3v) is 4.68. The number of hydrogen-bond donors (Lipinski definition) is 1. The lowest BCUT2D eigenvalue weighted by Crippen LogP contribution is -2.30. The Bertz CT molecular complexity index is 791. The zero-order valence-corrected chi connectivity index (χ0v) is 14.1. The van der Waals surface area contributed by atoms with Crippen LogP contribution in [0.2, 0.25) is 0 Å². The van der Waals surface area contributed by atoms with E-state index in [-0.39, 0.29) is 23.4 Å². The molecule has 0 bridgehead atoms. The summed E-state index contributed by atoms with van der Waals surface area (Å²) in [5.41, 5.74) is 1.25. The number of ether oxygens (including phenoxy) is 1. The van der Waals surface area contributed by atoms with Gasteiger partial charge in [0.1, 0.15) is 0 Å². The third kappa shape index (κ3) is 3.63. The van der Waals surface area contributed by atoms with Gasteiger partial charge in [-0.15, -0.1) is 0 Å². The number of benzene rings is 2. The highest BCUT2D eigenvalue weighted by molar-refractivity contribution is 5.95. The van der Waals surface area contributed by atoms with Gasteiger partial charge >= 0.3 is 5.69 Å². The summed E-state index contributed by atoms with van der Waals surface area (Å²) < 4.78 is 5.04. The van der Waals surface area contributed by atoms with Crippen LogP contribution in [0.3, 0.4) is 0 Å². The SMILES string of the molecule is COc1cc(C(=O)NC(c2ccccc2)C2CC2C)ccc1[N+](=O)[O-]. The van der Waals surface area contributed by atoms with Crippen LogP contribution in [-0.4, -0.2) is 17.9 Å². The van der Waals surface area contributed by atoms with Gasteiger partial charge in [-0.05, 0) is 29.9 Å². The van der Waals surface area contributed by atoms with E-state index in [0.29, 0.717) is 17.4 Å². The van der Waals surface area contributed by atoms with Crippen molar-refractivity contribution in [3.05, 3.63) is 69.8 Å². The molecule has 2 aromatic carbocycles. The number of nitrogens with one attached hydrogen (secondary N) is 1. The second kappa shape index (κ2) is 6.93. The molecule has 6 nitrogen and oxygen atoms in total. The molecule has 1 N–H and O–H groups in total. The molecule has 1 fully saturated rings. The Morgan fingerprint density at radius 1 is 1.28 bits per heavy atom. The molecule has 3 atom stereocenters. The topological polar surface area (TPSA) is 81.5 Å². The average molecular weight is 340 g/mol. The minimum absolute atomic E-state index is 0.0649. The van der Waals surface area contributed by atoms with Crippen LogP contribution in [-0.2, 0) is 0 Å². The molecule has 1 aliphatic rings. The number of hydrogen-bond acceptors (Lipinski definition) is 4. The van der Waals surface area contributed by atoms with Crippen LogP contribution in [0.5, 0.6) is 5.75 Å². The van der Waals surface area contributed by atoms with E-state index in [2.05, 4.69) is 12.2 Å². The van der Waals surface area contributed by atoms with Gasteiger partial charge in [-0.25, -0.2) is 0 Å². The smallest absolute Gasteiger partial charge is 0.310 e. The van der Waals surface area contributed by atoms with Crippen LogP contribution in [0, 0.1) is 22.0 Å². The second-order valence-electron chi connectivity index (χ2n) is 6.38. The van der Waals surface area contributed by atoms with Crippen LogP contribution in [0.1, 0.15) is 35.3 Å². The van der Waals surface area contributed by atoms with Gasteiger partial charge in [0.2, 0.25) is 0 Å². The molecule has 6 heteroatoms. The molecule has 2 aromatic rings. The molecule has 0 aliphatic heterocycles. The van der Waals surface area contributed by atoms with E-state index in [0.717, 1.165) is 12.0 Å². The highest BCUT2D eigenvalue weighted by atomic mass is 16.6. The second-order valence-corrected chi connectivity index (χ2v) is 6.38. The first-order valence-corrected chi connectivity index (χ1v) is 8.19. The fourth-order valence-corrected chi connectivity index (χ4v) is 3.11. The molecule has 0 aromatic heterocycles. The number of nitrogens with zero attached hydrogens (tertiary/aromatic N) is 1. The molecule has 0 saturated heterocycles. The van der Waals surface area contributed by atoms with Crippen molar-refractivity contribution in [2.75, 3.05) is 7.11 Å². The van der Waals surface area contributed by atoms with Gasteiger partial charge in [-0.1, -0.05) is 37.3 Å². The molecule has 0 heterocycles. The van der Waals surface area contributed by atoms with Crippen molar-refractivity contribution in [1.29, 1.82) is 0 Å². The summed E-state index contributed by atoms with van der Waals surface area (Å²) >= 11 is 0. The zero-order valence-electron chi connectivity index (χ0n) is 14.1. The summed E-state index contributed by atoms with van der Waals surface area (Å²) in [4.78, 5) is 23.1. The zero-order chi connectivity index (χ0) is 18.0. The highest BCUT2D eigenvalue weighted by Gasteiger charge is 2.41. The molecule has 130 valence electrons. The molecule has 25 heavy (non-hydrogen) atoms. The van der Waals surface area contributed by atoms with Crippen molar-refractivity contribution in [3.63, 3.8) is 0 Å². The van der Waals surface area contributed by atoms with Gasteiger partial charge in [-0.2, -0.15) is 0 Å². The maximum Gasteiger partial charge on any atom is 0.310 e. The van der Waals surface area contributed by atoms with Crippen LogP contribution in [0.15, 0.2) is 48.5 Å². The quantitative estimate of drug-likeness (QED) is 0.642. The monoisotopic (exact) mass is 340 g/mol. The van der Waals surface area contributed by atoms with Gasteiger partial charge in [0.15, 0.2) is 5.75 Å². The van der Waals surface area contributed by atoms with Gasteiger partial charge < -0.3 is 10.1 Å². The lowest BCUT2D eigenvalue weighted by atomic mass is 10.0. The summed E-state index contributed by atoms with van der Waals surface area (Å²) in [6.45, 7) is 2.17. The molecule has 0 radical (unpaired) electrons. The molecule has 0 spiro atoms. The predicted octanol–water partition coefficient (Wildman–Crippen LogP) is 3.73. The Hall–Kier alpha value is -2.89. The lowest BCUT2D eigenvalue weighted by Gasteiger charge is -2.19. The van der Waals surface area contributed by atoms with Crippen molar-refractivity contribution in [2.45, 2.75) is 19.4 Å². The summed E-state index contributed by atoms with van der Waals surface area (Å²) in [5, 5.41) is 14.1. The van der Waals surface area contributed by atoms with Crippen LogP contribution in [0.25, 0.3) is 0 Å². The first-order chi connectivity index (χ1) is 12.0. The molecular weight excluding hydrogens is 320 g/mol. The van der Waals surface area contributed by atoms with E-state index >= 15 is 0 Å². The molecule has 3 unspecified atom stereocenters. The number of methoxy groups -OCH3 is 1. The number of nitro groups is 1. The molecular formula is C19H20N2O4. The summed E-state index contributed by atoms with van der Waals surface area (Å²) in [7, 11) is 1.35. The van der Waals surface area contributed by atoms with Crippen molar-refractivity contribution in [3.8, 4) is 5.75 Å². The molecule has 1 aliphatic carbocycles. The summed E-state index contributed by atoms with van der Waals surface area (Å²) in [5.74, 6) is 0.790. The lowest BCUT2D eigenvalue weighted by molar-refractivity contribution is -0.385. The summed E-state index contributed by atoms with van der Waals surface area (Å²) in [6, 6.07) is 14.0. The van der Waals surface area contributed by atoms with Crippen LogP contribution in [0.4, 0.5) is 5.69 Å². The van der Waals surface area contributed by atoms with E-state index in [1.807, 2.05) is 30.3 Å². The van der Waals surface area contributed by atoms with E-state index in [1.54, 1.807) is 0 Å². The minimum atomic E-state index is -0.529. The fourth-order valence-electron chi connectivity index (χ4n) is 3.11. The van der Waals surface area contributed by atoms with Crippen molar-refractivity contribution in [2.24, 2.45) is 11.8 Å². The Morgan fingerprint density at radius 2 is 1.96 bits per heavy atom. The Kier molecular flexibility index (Phi) is 4.70. The maximum absolute atomic E-state index is 12.7. The molecule has 3 rings (SSSR count). The largest absolute Gasteiger partial charge is 0.490 e. The van der Waals surface area contributed by atoms with Crippen LogP contribution < -0.4 is 10.1 Å². The number of carbonyl (C=O) groups excluding carboxylic acids is 1. The minimum Gasteiger partial charge on any atom is -0.490 e. The van der Waals surface area contributed by atoms with E-state index in [1.165, 1.54) is 25.3 Å². The van der Waals surface area contributed by atoms with Crippen molar-refractivity contribution >= 4 is 11.6 Å². The maximum atomic E-state index is 12.7. The first kappa shape index (κ1) is 17.0. The molecule has 1 amide bonds. The average Bonchev–Trinajstić information content (AvgIpc) is 3.35. The fraction of sp³-hybridized carbons (Fsp3) is 0.316. The number of amides is 1. The van der Waals surface area contributed by atoms with Gasteiger partial charge in [0.25, 0.3) is 5.91 Å². The van der Waals surface area contributed by atoms with E-state index in [9.17, 15) is 14.9 Å². The predicted molar refractivity (Wildman–Crippen MR) is 93.6 cm³/mol.